The van der Waals surface area contributed by atoms with Gasteiger partial charge in [-0.15, -0.1) is 0 Å². The highest BCUT2D eigenvalue weighted by Gasteiger charge is 2.30. The molecule has 0 atom stereocenters. The molecule has 4 rings (SSSR count). The van der Waals surface area contributed by atoms with Crippen LogP contribution in [0.1, 0.15) is 18.4 Å². The predicted octanol–water partition coefficient (Wildman–Crippen LogP) is 4.02. The zero-order chi connectivity index (χ0) is 22.6. The van der Waals surface area contributed by atoms with Crippen molar-refractivity contribution in [3.05, 3.63) is 71.3 Å². The van der Waals surface area contributed by atoms with Crippen LogP contribution in [0, 0.1) is 4.91 Å². The average Bonchev–Trinajstić information content (AvgIpc) is 2.81. The number of nitroso groups, excluding NO2 is 1. The Morgan fingerprint density at radius 3 is 2.38 bits per heavy atom. The van der Waals surface area contributed by atoms with Crippen LogP contribution < -0.4 is 5.32 Å². The minimum absolute atomic E-state index is 0.135. The molecule has 2 heterocycles. The van der Waals surface area contributed by atoms with Crippen molar-refractivity contribution in [3.8, 4) is 11.3 Å². The number of benzene rings is 2. The summed E-state index contributed by atoms with van der Waals surface area (Å²) in [6.45, 7) is 1.74. The Bertz CT molecular complexity index is 1170. The number of piperidine rings is 1. The minimum atomic E-state index is -3.34. The standard InChI is InChI=1S/C23H25N5O3S/c1-28-14-11-21(12-15-28)32(30,31)20-8-4-18(5-9-20)22-10-13-24-23(27-22)26-19-6-2-17(3-7-19)16-25-29/h2-10,13,21H,11-12,14-16H2,1H3,(H,24,26,27). The van der Waals surface area contributed by atoms with Crippen LogP contribution in [-0.2, 0) is 16.4 Å². The number of sulfone groups is 1. The molecule has 0 saturated carbocycles. The van der Waals surface area contributed by atoms with Gasteiger partial charge in [0.25, 0.3) is 0 Å². The largest absolute Gasteiger partial charge is 0.324 e. The van der Waals surface area contributed by atoms with E-state index in [0.717, 1.165) is 29.9 Å². The van der Waals surface area contributed by atoms with Gasteiger partial charge in [-0.1, -0.05) is 29.4 Å². The number of hydrogen-bond donors (Lipinski definition) is 1. The zero-order valence-electron chi connectivity index (χ0n) is 17.8. The Kier molecular flexibility index (Phi) is 6.57. The van der Waals surface area contributed by atoms with E-state index in [0.29, 0.717) is 29.4 Å². The Balaban J connectivity index is 1.49. The lowest BCUT2D eigenvalue weighted by Crippen LogP contribution is -2.37. The second-order valence-corrected chi connectivity index (χ2v) is 10.2. The summed E-state index contributed by atoms with van der Waals surface area (Å²) in [6, 6.07) is 16.0. The quantitative estimate of drug-likeness (QED) is 0.541. The fraction of sp³-hybridized carbons (Fsp3) is 0.304. The van der Waals surface area contributed by atoms with Crippen LogP contribution in [0.25, 0.3) is 11.3 Å². The van der Waals surface area contributed by atoms with Crippen LogP contribution in [0.2, 0.25) is 0 Å². The first-order valence-corrected chi connectivity index (χ1v) is 12.0. The summed E-state index contributed by atoms with van der Waals surface area (Å²) in [6.07, 6.45) is 2.97. The molecule has 2 aromatic carbocycles. The van der Waals surface area contributed by atoms with E-state index in [1.807, 2.05) is 31.3 Å². The first-order chi connectivity index (χ1) is 15.5. The average molecular weight is 452 g/mol. The Hall–Kier alpha value is -3.17. The maximum Gasteiger partial charge on any atom is 0.227 e. The van der Waals surface area contributed by atoms with Crippen molar-refractivity contribution in [3.63, 3.8) is 0 Å². The molecule has 0 unspecified atom stereocenters. The van der Waals surface area contributed by atoms with E-state index in [2.05, 4.69) is 25.4 Å². The van der Waals surface area contributed by atoms with E-state index < -0.39 is 9.84 Å². The van der Waals surface area contributed by atoms with Crippen molar-refractivity contribution in [2.45, 2.75) is 29.5 Å². The third-order valence-electron chi connectivity index (χ3n) is 5.70. The molecule has 1 fully saturated rings. The van der Waals surface area contributed by atoms with Gasteiger partial charge in [0, 0.05) is 17.4 Å². The molecule has 166 valence electrons. The van der Waals surface area contributed by atoms with E-state index in [1.54, 1.807) is 36.5 Å². The SMILES string of the molecule is CN1CCC(S(=O)(=O)c2ccc(-c3ccnc(Nc4ccc(CN=O)cc4)n3)cc2)CC1. The maximum absolute atomic E-state index is 13.0. The van der Waals surface area contributed by atoms with Crippen LogP contribution in [-0.4, -0.2) is 48.7 Å². The first-order valence-electron chi connectivity index (χ1n) is 10.5. The van der Waals surface area contributed by atoms with E-state index in [9.17, 15) is 13.3 Å². The zero-order valence-corrected chi connectivity index (χ0v) is 18.6. The van der Waals surface area contributed by atoms with E-state index in [1.165, 1.54) is 0 Å². The van der Waals surface area contributed by atoms with Gasteiger partial charge in [0.1, 0.15) is 6.54 Å². The normalized spacial score (nSPS) is 15.4. The number of hydrogen-bond acceptors (Lipinski definition) is 8. The Morgan fingerprint density at radius 2 is 1.72 bits per heavy atom. The smallest absolute Gasteiger partial charge is 0.227 e. The number of aromatic nitrogens is 2. The molecule has 0 aliphatic carbocycles. The molecule has 8 nitrogen and oxygen atoms in total. The number of nitrogens with one attached hydrogen (secondary N) is 1. The highest BCUT2D eigenvalue weighted by Crippen LogP contribution is 2.27. The van der Waals surface area contributed by atoms with Crippen molar-refractivity contribution in [2.24, 2.45) is 5.18 Å². The third kappa shape index (κ3) is 5.00. The fourth-order valence-electron chi connectivity index (χ4n) is 3.78. The molecule has 3 aromatic rings. The molecule has 0 radical (unpaired) electrons. The van der Waals surface area contributed by atoms with Crippen LogP contribution in [0.4, 0.5) is 11.6 Å². The van der Waals surface area contributed by atoms with E-state index in [4.69, 9.17) is 0 Å². The lowest BCUT2D eigenvalue weighted by atomic mass is 10.1. The van der Waals surface area contributed by atoms with Crippen molar-refractivity contribution in [1.29, 1.82) is 0 Å². The van der Waals surface area contributed by atoms with Crippen molar-refractivity contribution in [1.82, 2.24) is 14.9 Å². The van der Waals surface area contributed by atoms with Gasteiger partial charge < -0.3 is 10.2 Å². The number of anilines is 2. The number of likely N-dealkylation sites (tertiary alicyclic amines) is 1. The Labute approximate surface area is 187 Å². The highest BCUT2D eigenvalue weighted by atomic mass is 32.2. The summed E-state index contributed by atoms with van der Waals surface area (Å²) in [7, 11) is -1.32. The summed E-state index contributed by atoms with van der Waals surface area (Å²) in [4.78, 5) is 21.7. The molecule has 0 amide bonds. The molecule has 1 saturated heterocycles. The second-order valence-electron chi connectivity index (χ2n) is 7.95. The monoisotopic (exact) mass is 451 g/mol. The molecular weight excluding hydrogens is 426 g/mol. The molecule has 9 heteroatoms. The highest BCUT2D eigenvalue weighted by molar-refractivity contribution is 7.92. The van der Waals surface area contributed by atoms with Crippen LogP contribution in [0.3, 0.4) is 0 Å². The van der Waals surface area contributed by atoms with Crippen LogP contribution in [0.15, 0.2) is 70.9 Å². The van der Waals surface area contributed by atoms with Gasteiger partial charge in [-0.2, -0.15) is 4.91 Å². The molecule has 1 N–H and O–H groups in total. The van der Waals surface area contributed by atoms with Gasteiger partial charge in [0.2, 0.25) is 5.95 Å². The number of rotatable bonds is 7. The summed E-state index contributed by atoms with van der Waals surface area (Å²) < 4.78 is 26.0. The lowest BCUT2D eigenvalue weighted by Gasteiger charge is -2.28. The van der Waals surface area contributed by atoms with Gasteiger partial charge >= 0.3 is 0 Å². The molecule has 1 aliphatic rings. The Morgan fingerprint density at radius 1 is 1.03 bits per heavy atom. The van der Waals surface area contributed by atoms with Crippen molar-refractivity contribution >= 4 is 21.5 Å². The molecular formula is C23H25N5O3S. The van der Waals surface area contributed by atoms with E-state index in [-0.39, 0.29) is 11.8 Å². The summed E-state index contributed by atoms with van der Waals surface area (Å²) in [5, 5.41) is 5.69. The third-order valence-corrected chi connectivity index (χ3v) is 7.97. The van der Waals surface area contributed by atoms with Crippen LogP contribution >= 0.6 is 0 Å². The van der Waals surface area contributed by atoms with Gasteiger partial charge in [0.15, 0.2) is 9.84 Å². The summed E-state index contributed by atoms with van der Waals surface area (Å²) in [5.41, 5.74) is 3.12. The predicted molar refractivity (Wildman–Crippen MR) is 124 cm³/mol. The fourth-order valence-corrected chi connectivity index (χ4v) is 5.51. The molecule has 32 heavy (non-hydrogen) atoms. The molecule has 1 aromatic heterocycles. The minimum Gasteiger partial charge on any atom is -0.324 e. The topological polar surface area (TPSA) is 105 Å². The van der Waals surface area contributed by atoms with Crippen LogP contribution in [0.5, 0.6) is 0 Å². The van der Waals surface area contributed by atoms with Crippen molar-refractivity contribution in [2.75, 3.05) is 25.5 Å². The van der Waals surface area contributed by atoms with Gasteiger partial charge in [0.05, 0.1) is 15.8 Å². The second kappa shape index (κ2) is 9.54. The van der Waals surface area contributed by atoms with Gasteiger partial charge in [-0.3, -0.25) is 0 Å². The first kappa shape index (κ1) is 22.0. The molecule has 1 aliphatic heterocycles. The van der Waals surface area contributed by atoms with Crippen molar-refractivity contribution < 1.29 is 8.42 Å². The molecule has 0 spiro atoms. The van der Waals surface area contributed by atoms with E-state index >= 15 is 0 Å². The summed E-state index contributed by atoms with van der Waals surface area (Å²) >= 11 is 0. The maximum atomic E-state index is 13.0. The summed E-state index contributed by atoms with van der Waals surface area (Å²) in [5.74, 6) is 0.423. The molecule has 0 bridgehead atoms. The lowest BCUT2D eigenvalue weighted by molar-refractivity contribution is 0.277. The van der Waals surface area contributed by atoms with Gasteiger partial charge in [-0.05, 0) is 68.9 Å². The number of nitrogens with zero attached hydrogens (tertiary/aromatic N) is 4. The van der Waals surface area contributed by atoms with Gasteiger partial charge in [-0.25, -0.2) is 18.4 Å².